The lowest BCUT2D eigenvalue weighted by Gasteiger charge is -2.04. The van der Waals surface area contributed by atoms with Crippen molar-refractivity contribution < 1.29 is 4.79 Å². The molecule has 0 bridgehead atoms. The van der Waals surface area contributed by atoms with E-state index < -0.39 is 0 Å². The molecule has 0 heterocycles. The van der Waals surface area contributed by atoms with Gasteiger partial charge in [0.05, 0.1) is 0 Å². The zero-order chi connectivity index (χ0) is 10.4. The average molecular weight is 194 g/mol. The van der Waals surface area contributed by atoms with Gasteiger partial charge in [0.2, 0.25) is 0 Å². The van der Waals surface area contributed by atoms with Crippen molar-refractivity contribution >= 4 is 5.78 Å². The summed E-state index contributed by atoms with van der Waals surface area (Å²) < 4.78 is 0. The van der Waals surface area contributed by atoms with Crippen LogP contribution in [-0.2, 0) is 4.79 Å². The highest BCUT2D eigenvalue weighted by Crippen LogP contribution is 2.30. The van der Waals surface area contributed by atoms with E-state index in [4.69, 9.17) is 0 Å². The number of carbonyl (C=O) groups is 1. The van der Waals surface area contributed by atoms with Crippen LogP contribution in [0.1, 0.15) is 65.2 Å². The quantitative estimate of drug-likeness (QED) is 0.624. The van der Waals surface area contributed by atoms with E-state index in [1.165, 1.54) is 43.3 Å². The van der Waals surface area contributed by atoms with Crippen molar-refractivity contribution in [2.75, 3.05) is 0 Å². The first-order valence-corrected chi connectivity index (χ1v) is 6.03. The molecule has 0 saturated heterocycles. The van der Waals surface area contributed by atoms with Crippen LogP contribution >= 0.6 is 0 Å². The van der Waals surface area contributed by atoms with E-state index in [9.17, 15) is 4.79 Å². The molecule has 0 saturated carbocycles. The molecular weight excluding hydrogens is 172 g/mol. The summed E-state index contributed by atoms with van der Waals surface area (Å²) in [7, 11) is 0. The van der Waals surface area contributed by atoms with E-state index >= 15 is 0 Å². The standard InChI is InChI=1S/C13H22O/c1-3-5-7-11-9-10-13(14)12(11)8-6-4-2/h3-10H2,1-2H3. The summed E-state index contributed by atoms with van der Waals surface area (Å²) in [5.41, 5.74) is 2.67. The fraction of sp³-hybridized carbons (Fsp3) is 0.769. The van der Waals surface area contributed by atoms with Gasteiger partial charge in [-0.05, 0) is 37.7 Å². The Balaban J connectivity index is 2.54. The fourth-order valence-electron chi connectivity index (χ4n) is 2.10. The molecule has 0 radical (unpaired) electrons. The maximum atomic E-state index is 11.6. The first-order chi connectivity index (χ1) is 6.79. The number of allylic oxidation sites excluding steroid dienone is 2. The predicted octanol–water partition coefficient (Wildman–Crippen LogP) is 4.03. The minimum atomic E-state index is 0.435. The lowest BCUT2D eigenvalue weighted by atomic mass is 10.0. The summed E-state index contributed by atoms with van der Waals surface area (Å²) >= 11 is 0. The first-order valence-electron chi connectivity index (χ1n) is 6.03. The van der Waals surface area contributed by atoms with Crippen molar-refractivity contribution in [2.24, 2.45) is 0 Å². The Kier molecular flexibility index (Phi) is 4.92. The molecule has 0 N–H and O–H groups in total. The minimum Gasteiger partial charge on any atom is -0.295 e. The second kappa shape index (κ2) is 6.00. The molecule has 1 aliphatic rings. The van der Waals surface area contributed by atoms with Gasteiger partial charge in [-0.2, -0.15) is 0 Å². The number of carbonyl (C=O) groups excluding carboxylic acids is 1. The molecule has 80 valence electrons. The van der Waals surface area contributed by atoms with Crippen molar-refractivity contribution in [3.8, 4) is 0 Å². The topological polar surface area (TPSA) is 17.1 Å². The van der Waals surface area contributed by atoms with Gasteiger partial charge in [0.15, 0.2) is 5.78 Å². The summed E-state index contributed by atoms with van der Waals surface area (Å²) in [6, 6.07) is 0. The molecule has 0 aromatic heterocycles. The number of ketones is 1. The number of Topliss-reactive ketones (excluding diaryl/α,β-unsaturated/α-hetero) is 1. The van der Waals surface area contributed by atoms with Crippen LogP contribution in [0.25, 0.3) is 0 Å². The summed E-state index contributed by atoms with van der Waals surface area (Å²) in [6.45, 7) is 4.40. The Morgan fingerprint density at radius 2 is 1.64 bits per heavy atom. The second-order valence-corrected chi connectivity index (χ2v) is 4.21. The van der Waals surface area contributed by atoms with Crippen molar-refractivity contribution in [3.05, 3.63) is 11.1 Å². The van der Waals surface area contributed by atoms with Crippen LogP contribution in [0.2, 0.25) is 0 Å². The Morgan fingerprint density at radius 1 is 1.00 bits per heavy atom. The van der Waals surface area contributed by atoms with Crippen LogP contribution in [-0.4, -0.2) is 5.78 Å². The van der Waals surface area contributed by atoms with Gasteiger partial charge in [-0.25, -0.2) is 0 Å². The lowest BCUT2D eigenvalue weighted by molar-refractivity contribution is -0.115. The molecular formula is C13H22O. The summed E-state index contributed by atoms with van der Waals surface area (Å²) in [5, 5.41) is 0. The molecule has 0 unspecified atom stereocenters. The van der Waals surface area contributed by atoms with Crippen molar-refractivity contribution in [3.63, 3.8) is 0 Å². The van der Waals surface area contributed by atoms with Gasteiger partial charge in [0.1, 0.15) is 0 Å². The predicted molar refractivity (Wildman–Crippen MR) is 60.3 cm³/mol. The van der Waals surface area contributed by atoms with Gasteiger partial charge in [-0.1, -0.05) is 32.3 Å². The van der Waals surface area contributed by atoms with E-state index in [1.54, 1.807) is 0 Å². The molecule has 0 spiro atoms. The third kappa shape index (κ3) is 2.97. The van der Waals surface area contributed by atoms with Crippen LogP contribution in [0.5, 0.6) is 0 Å². The lowest BCUT2D eigenvalue weighted by Crippen LogP contribution is -1.96. The monoisotopic (exact) mass is 194 g/mol. The Bertz CT molecular complexity index is 225. The van der Waals surface area contributed by atoms with Gasteiger partial charge in [-0.15, -0.1) is 0 Å². The average Bonchev–Trinajstić information content (AvgIpc) is 2.53. The second-order valence-electron chi connectivity index (χ2n) is 4.21. The van der Waals surface area contributed by atoms with Gasteiger partial charge in [0, 0.05) is 6.42 Å². The molecule has 0 aromatic rings. The number of hydrogen-bond acceptors (Lipinski definition) is 1. The normalized spacial score (nSPS) is 16.9. The Labute approximate surface area is 87.6 Å². The molecule has 1 aliphatic carbocycles. The Hall–Kier alpha value is -0.590. The molecule has 0 aliphatic heterocycles. The zero-order valence-corrected chi connectivity index (χ0v) is 9.57. The van der Waals surface area contributed by atoms with E-state index in [1.807, 2.05) is 0 Å². The number of hydrogen-bond donors (Lipinski definition) is 0. The van der Waals surface area contributed by atoms with Crippen LogP contribution in [0.4, 0.5) is 0 Å². The van der Waals surface area contributed by atoms with Gasteiger partial charge >= 0.3 is 0 Å². The molecule has 1 rings (SSSR count). The maximum absolute atomic E-state index is 11.6. The SMILES string of the molecule is CCCCC1=C(CCCC)C(=O)CC1. The summed E-state index contributed by atoms with van der Waals surface area (Å²) in [5.74, 6) is 0.435. The highest BCUT2D eigenvalue weighted by atomic mass is 16.1. The number of rotatable bonds is 6. The van der Waals surface area contributed by atoms with Crippen LogP contribution in [0.3, 0.4) is 0 Å². The van der Waals surface area contributed by atoms with Crippen molar-refractivity contribution in [2.45, 2.75) is 65.2 Å². The highest BCUT2D eigenvalue weighted by Gasteiger charge is 2.21. The van der Waals surface area contributed by atoms with Gasteiger partial charge in [-0.3, -0.25) is 4.79 Å². The van der Waals surface area contributed by atoms with Gasteiger partial charge in [0.25, 0.3) is 0 Å². The zero-order valence-electron chi connectivity index (χ0n) is 9.57. The largest absolute Gasteiger partial charge is 0.295 e. The Morgan fingerprint density at radius 3 is 2.29 bits per heavy atom. The third-order valence-corrected chi connectivity index (χ3v) is 3.03. The third-order valence-electron chi connectivity index (χ3n) is 3.03. The molecule has 14 heavy (non-hydrogen) atoms. The van der Waals surface area contributed by atoms with Crippen molar-refractivity contribution in [1.82, 2.24) is 0 Å². The smallest absolute Gasteiger partial charge is 0.159 e. The van der Waals surface area contributed by atoms with Crippen LogP contribution in [0, 0.1) is 0 Å². The summed E-state index contributed by atoms with van der Waals surface area (Å²) in [6.07, 6.45) is 8.90. The number of unbranched alkanes of at least 4 members (excludes halogenated alkanes) is 2. The minimum absolute atomic E-state index is 0.435. The first kappa shape index (κ1) is 11.5. The molecule has 0 aromatic carbocycles. The molecule has 0 amide bonds. The van der Waals surface area contributed by atoms with Crippen LogP contribution in [0.15, 0.2) is 11.1 Å². The molecule has 0 fully saturated rings. The molecule has 0 atom stereocenters. The maximum Gasteiger partial charge on any atom is 0.159 e. The van der Waals surface area contributed by atoms with Gasteiger partial charge < -0.3 is 0 Å². The molecule has 1 heteroatoms. The summed E-state index contributed by atoms with van der Waals surface area (Å²) in [4.78, 5) is 11.6. The van der Waals surface area contributed by atoms with Crippen molar-refractivity contribution in [1.29, 1.82) is 0 Å². The molecule has 1 nitrogen and oxygen atoms in total. The van der Waals surface area contributed by atoms with E-state index in [-0.39, 0.29) is 0 Å². The van der Waals surface area contributed by atoms with E-state index in [0.717, 1.165) is 19.3 Å². The van der Waals surface area contributed by atoms with Crippen LogP contribution < -0.4 is 0 Å². The van der Waals surface area contributed by atoms with E-state index in [2.05, 4.69) is 13.8 Å². The van der Waals surface area contributed by atoms with E-state index in [0.29, 0.717) is 5.78 Å². The highest BCUT2D eigenvalue weighted by molar-refractivity contribution is 5.98. The fourth-order valence-corrected chi connectivity index (χ4v) is 2.10.